The van der Waals surface area contributed by atoms with Crippen LogP contribution in [0.3, 0.4) is 0 Å². The number of amides is 9. The highest BCUT2D eigenvalue weighted by molar-refractivity contribution is 5.98. The molecule has 9 atom stereocenters. The van der Waals surface area contributed by atoms with Gasteiger partial charge in [-0.2, -0.15) is 0 Å². The number of carboxylic acid groups (broad SMARTS) is 1. The predicted molar refractivity (Wildman–Crippen MR) is 237 cm³/mol. The molecule has 1 aliphatic rings. The number of hydrogen-bond acceptors (Lipinski definition) is 15. The summed E-state index contributed by atoms with van der Waals surface area (Å²) in [4.78, 5) is 131. The summed E-state index contributed by atoms with van der Waals surface area (Å²) >= 11 is 0. The minimum Gasteiger partial charge on any atom is -0.508 e. The third-order valence-electron chi connectivity index (χ3n) is 10.8. The van der Waals surface area contributed by atoms with Crippen LogP contribution in [0.15, 0.2) is 48.5 Å². The molecule has 0 spiro atoms. The van der Waals surface area contributed by atoms with E-state index in [1.54, 1.807) is 0 Å². The molecule has 0 saturated carbocycles. The van der Waals surface area contributed by atoms with Crippen molar-refractivity contribution < 1.29 is 73.5 Å². The number of phenolic OH excluding ortho intramolecular Hbond substituents is 2. The second kappa shape index (κ2) is 26.1. The molecule has 1 aliphatic heterocycles. The molecule has 25 nitrogen and oxygen atoms in total. The number of benzene rings is 2. The van der Waals surface area contributed by atoms with E-state index < -0.39 is 127 Å². The van der Waals surface area contributed by atoms with Crippen molar-refractivity contribution in [3.63, 3.8) is 0 Å². The molecule has 0 bridgehead atoms. The molecule has 0 aliphatic carbocycles. The topological polar surface area (TPSA) is 425 Å². The Hall–Kier alpha value is -7.38. The molecule has 17 N–H and O–H groups in total. The maximum atomic E-state index is 14.1. The standard InChI is InChI=1S/C43H60N10O15/c1-21(36(60)50-30(19-24-7-11-26(57)12-8-24)42(66)53-17-3-4-32(53)41(65)52-35(22(2)55)43(67)68)47-40(64)31(20-54)51-39(63)29(18-23-5-9-25(56)10-6-23)49-38(62)28(14-16-34(46)59)48-37(61)27(44)13-15-33(45)58/h5-12,21-22,27-32,35,54-57H,3-4,13-20,44H2,1-2H3,(H2,45,58)(H2,46,59)(H,47,64)(H,48,61)(H,49,62)(H,50,60)(H,51,63)(H,52,65)(H,67,68)/t21-,22+,27-,28-,29-,30-,31-,32-,35-/m0/s1. The molecular formula is C43H60N10O15. The Morgan fingerprint density at radius 1 is 0.647 bits per heavy atom. The van der Waals surface area contributed by atoms with Crippen LogP contribution in [0.2, 0.25) is 0 Å². The number of carbonyl (C=O) groups is 10. The molecule has 1 saturated heterocycles. The highest BCUT2D eigenvalue weighted by atomic mass is 16.4. The van der Waals surface area contributed by atoms with Crippen LogP contribution in [0.1, 0.15) is 63.5 Å². The van der Waals surface area contributed by atoms with Gasteiger partial charge in [0, 0.05) is 32.2 Å². The van der Waals surface area contributed by atoms with Gasteiger partial charge in [-0.15, -0.1) is 0 Å². The van der Waals surface area contributed by atoms with Crippen LogP contribution in [-0.4, -0.2) is 157 Å². The van der Waals surface area contributed by atoms with E-state index in [4.69, 9.17) is 17.2 Å². The number of aliphatic carboxylic acids is 1. The first-order chi connectivity index (χ1) is 32.0. The third kappa shape index (κ3) is 17.1. The van der Waals surface area contributed by atoms with E-state index in [9.17, 15) is 73.5 Å². The molecule has 0 aromatic heterocycles. The largest absolute Gasteiger partial charge is 0.508 e. The minimum atomic E-state index is -1.76. The van der Waals surface area contributed by atoms with Gasteiger partial charge < -0.3 is 79.5 Å². The summed E-state index contributed by atoms with van der Waals surface area (Å²) < 4.78 is 0. The average molecular weight is 957 g/mol. The number of hydrogen-bond donors (Lipinski definition) is 14. The molecular weight excluding hydrogens is 897 g/mol. The van der Waals surface area contributed by atoms with Crippen molar-refractivity contribution in [2.45, 2.75) is 120 Å². The zero-order valence-corrected chi connectivity index (χ0v) is 37.4. The van der Waals surface area contributed by atoms with E-state index in [-0.39, 0.29) is 56.6 Å². The number of nitrogens with one attached hydrogen (secondary N) is 6. The molecule has 9 amide bonds. The number of carbonyl (C=O) groups excluding carboxylic acids is 9. The van der Waals surface area contributed by atoms with Crippen LogP contribution in [0.4, 0.5) is 0 Å². The Morgan fingerprint density at radius 3 is 1.63 bits per heavy atom. The number of primary amides is 2. The zero-order chi connectivity index (χ0) is 50.8. The summed E-state index contributed by atoms with van der Waals surface area (Å²) in [6, 6.07) is -0.739. The van der Waals surface area contributed by atoms with Crippen LogP contribution in [-0.2, 0) is 60.8 Å². The first kappa shape index (κ1) is 55.0. The Balaban J connectivity index is 1.81. The lowest BCUT2D eigenvalue weighted by molar-refractivity contribution is -0.147. The van der Waals surface area contributed by atoms with Gasteiger partial charge in [0.1, 0.15) is 47.8 Å². The minimum absolute atomic E-state index is 0.0406. The van der Waals surface area contributed by atoms with Crippen LogP contribution < -0.4 is 49.1 Å². The van der Waals surface area contributed by atoms with Crippen LogP contribution >= 0.6 is 0 Å². The van der Waals surface area contributed by atoms with Gasteiger partial charge in [0.05, 0.1) is 18.8 Å². The van der Waals surface area contributed by atoms with Gasteiger partial charge in [-0.25, -0.2) is 4.79 Å². The van der Waals surface area contributed by atoms with Gasteiger partial charge in [0.15, 0.2) is 6.04 Å². The van der Waals surface area contributed by atoms with Crippen LogP contribution in [0.5, 0.6) is 11.5 Å². The predicted octanol–water partition coefficient (Wildman–Crippen LogP) is -4.88. The lowest BCUT2D eigenvalue weighted by Gasteiger charge is -2.30. The van der Waals surface area contributed by atoms with Crippen molar-refractivity contribution in [2.24, 2.45) is 17.2 Å². The van der Waals surface area contributed by atoms with Crippen molar-refractivity contribution >= 4 is 59.1 Å². The number of aliphatic hydroxyl groups is 2. The molecule has 372 valence electrons. The zero-order valence-electron chi connectivity index (χ0n) is 37.4. The maximum absolute atomic E-state index is 14.1. The highest BCUT2D eigenvalue weighted by Crippen LogP contribution is 2.21. The van der Waals surface area contributed by atoms with Gasteiger partial charge in [-0.1, -0.05) is 24.3 Å². The lowest BCUT2D eigenvalue weighted by Crippen LogP contribution is -2.61. The van der Waals surface area contributed by atoms with Gasteiger partial charge in [0.25, 0.3) is 0 Å². The second-order valence-corrected chi connectivity index (χ2v) is 16.3. The maximum Gasteiger partial charge on any atom is 0.328 e. The normalized spacial score (nSPS) is 16.8. The third-order valence-corrected chi connectivity index (χ3v) is 10.8. The van der Waals surface area contributed by atoms with E-state index in [0.29, 0.717) is 17.5 Å². The van der Waals surface area contributed by atoms with E-state index in [0.717, 1.165) is 4.90 Å². The van der Waals surface area contributed by atoms with Crippen LogP contribution in [0, 0.1) is 0 Å². The lowest BCUT2D eigenvalue weighted by atomic mass is 10.0. The molecule has 2 aromatic carbocycles. The number of nitrogens with two attached hydrogens (primary N) is 3. The highest BCUT2D eigenvalue weighted by Gasteiger charge is 2.40. The average Bonchev–Trinajstić information content (AvgIpc) is 3.78. The Kier molecular flexibility index (Phi) is 21.1. The first-order valence-corrected chi connectivity index (χ1v) is 21.5. The molecule has 0 unspecified atom stereocenters. The van der Waals surface area contributed by atoms with E-state index in [2.05, 4.69) is 31.9 Å². The van der Waals surface area contributed by atoms with E-state index >= 15 is 0 Å². The fourth-order valence-electron chi connectivity index (χ4n) is 6.96. The Bertz CT molecular complexity index is 2140. The summed E-state index contributed by atoms with van der Waals surface area (Å²) in [5.74, 6) is -9.88. The van der Waals surface area contributed by atoms with Gasteiger partial charge >= 0.3 is 5.97 Å². The van der Waals surface area contributed by atoms with E-state index in [1.165, 1.54) is 62.4 Å². The summed E-state index contributed by atoms with van der Waals surface area (Å²) in [7, 11) is 0. The molecule has 3 rings (SSSR count). The SMILES string of the molecule is C[C@H](NC(=O)[C@H](CO)NC(=O)[C@H](Cc1ccc(O)cc1)NC(=O)[C@H](CCC(N)=O)NC(=O)[C@@H](N)CCC(N)=O)C(=O)N[C@@H](Cc1ccc(O)cc1)C(=O)N1CCC[C@H]1C(=O)N[C@H](C(=O)O)[C@@H](C)O. The molecule has 1 fully saturated rings. The smallest absolute Gasteiger partial charge is 0.328 e. The van der Waals surface area contributed by atoms with Gasteiger partial charge in [-0.3, -0.25) is 43.2 Å². The molecule has 2 aromatic rings. The quantitative estimate of drug-likeness (QED) is 0.0420. The number of rotatable bonds is 26. The summed E-state index contributed by atoms with van der Waals surface area (Å²) in [6.45, 7) is 1.40. The number of carboxylic acids is 1. The first-order valence-electron chi connectivity index (χ1n) is 21.5. The number of nitrogens with zero attached hydrogens (tertiary/aromatic N) is 1. The van der Waals surface area contributed by atoms with Crippen molar-refractivity contribution in [3.05, 3.63) is 59.7 Å². The van der Waals surface area contributed by atoms with Crippen molar-refractivity contribution in [1.82, 2.24) is 36.8 Å². The molecule has 68 heavy (non-hydrogen) atoms. The van der Waals surface area contributed by atoms with Crippen LogP contribution in [0.25, 0.3) is 0 Å². The fourth-order valence-corrected chi connectivity index (χ4v) is 6.96. The summed E-state index contributed by atoms with van der Waals surface area (Å²) in [6.07, 6.45) is -2.66. The van der Waals surface area contributed by atoms with Crippen molar-refractivity contribution in [1.29, 1.82) is 0 Å². The number of aliphatic hydroxyl groups excluding tert-OH is 2. The number of likely N-dealkylation sites (tertiary alicyclic amines) is 1. The monoisotopic (exact) mass is 956 g/mol. The van der Waals surface area contributed by atoms with Crippen molar-refractivity contribution in [3.8, 4) is 11.5 Å². The van der Waals surface area contributed by atoms with Gasteiger partial charge in [0.2, 0.25) is 53.2 Å². The Morgan fingerprint density at radius 2 is 1.12 bits per heavy atom. The van der Waals surface area contributed by atoms with E-state index in [1.807, 2.05) is 0 Å². The van der Waals surface area contributed by atoms with Gasteiger partial charge in [-0.05, 0) is 74.9 Å². The summed E-state index contributed by atoms with van der Waals surface area (Å²) in [5, 5.41) is 63.5. The second-order valence-electron chi connectivity index (χ2n) is 16.3. The molecule has 0 radical (unpaired) electrons. The fraction of sp³-hybridized carbons (Fsp3) is 0.488. The number of aromatic hydroxyl groups is 2. The Labute approximate surface area is 389 Å². The number of phenols is 2. The molecule has 25 heteroatoms. The molecule has 1 heterocycles. The summed E-state index contributed by atoms with van der Waals surface area (Å²) in [5.41, 5.74) is 17.1. The van der Waals surface area contributed by atoms with Crippen molar-refractivity contribution in [2.75, 3.05) is 13.2 Å².